The van der Waals surface area contributed by atoms with Crippen LogP contribution in [0.3, 0.4) is 0 Å². The van der Waals surface area contributed by atoms with Crippen LogP contribution in [0.2, 0.25) is 0 Å². The SMILES string of the molecule is CC(=O)N=CC(C)OC(=O)N(C)c1ccc(N2C=NN(C(=O)N(CCO)CCO)CC2)c(F)c1. The van der Waals surface area contributed by atoms with E-state index in [9.17, 15) is 18.8 Å². The van der Waals surface area contributed by atoms with Gasteiger partial charge in [0.2, 0.25) is 5.91 Å². The number of aliphatic hydroxyl groups excluding tert-OH is 2. The molecular formula is C21H29FN6O6. The highest BCUT2D eigenvalue weighted by Crippen LogP contribution is 2.25. The Kier molecular flexibility index (Phi) is 9.89. The van der Waals surface area contributed by atoms with Crippen molar-refractivity contribution in [3.05, 3.63) is 24.0 Å². The largest absolute Gasteiger partial charge is 0.440 e. The zero-order chi connectivity index (χ0) is 25.3. The number of aliphatic imine (C=N–C) groups is 1. The number of ether oxygens (including phenoxy) is 1. The maximum atomic E-state index is 14.8. The molecule has 1 aromatic rings. The zero-order valence-corrected chi connectivity index (χ0v) is 19.3. The van der Waals surface area contributed by atoms with E-state index in [1.54, 1.807) is 6.92 Å². The average Bonchev–Trinajstić information content (AvgIpc) is 2.81. The van der Waals surface area contributed by atoms with Crippen molar-refractivity contribution in [2.75, 3.05) is 56.2 Å². The van der Waals surface area contributed by atoms with Gasteiger partial charge in [0.05, 0.1) is 25.4 Å². The predicted molar refractivity (Wildman–Crippen MR) is 124 cm³/mol. The summed E-state index contributed by atoms with van der Waals surface area (Å²) in [5, 5.41) is 23.4. The summed E-state index contributed by atoms with van der Waals surface area (Å²) in [5.74, 6) is -1.04. The van der Waals surface area contributed by atoms with E-state index < -0.39 is 30.0 Å². The fourth-order valence-electron chi connectivity index (χ4n) is 3.00. The Morgan fingerprint density at radius 2 is 1.94 bits per heavy atom. The van der Waals surface area contributed by atoms with Gasteiger partial charge in [-0.1, -0.05) is 0 Å². The van der Waals surface area contributed by atoms with Gasteiger partial charge in [-0.25, -0.2) is 24.0 Å². The third kappa shape index (κ3) is 7.22. The Bertz CT molecular complexity index is 936. The molecule has 1 aromatic carbocycles. The molecule has 1 aliphatic heterocycles. The number of aliphatic hydroxyl groups is 2. The molecular weight excluding hydrogens is 451 g/mol. The lowest BCUT2D eigenvalue weighted by molar-refractivity contribution is -0.115. The zero-order valence-electron chi connectivity index (χ0n) is 19.3. The van der Waals surface area contributed by atoms with Gasteiger partial charge in [0.1, 0.15) is 18.3 Å². The molecule has 12 nitrogen and oxygen atoms in total. The highest BCUT2D eigenvalue weighted by atomic mass is 19.1. The Hall–Kier alpha value is -3.58. The number of carbonyl (C=O) groups excluding carboxylic acids is 3. The minimum Gasteiger partial charge on any atom is -0.440 e. The van der Waals surface area contributed by atoms with Crippen LogP contribution >= 0.6 is 0 Å². The summed E-state index contributed by atoms with van der Waals surface area (Å²) in [4.78, 5) is 43.1. The third-order valence-electron chi connectivity index (χ3n) is 4.77. The number of benzene rings is 1. The number of anilines is 2. The molecule has 0 saturated carbocycles. The molecule has 0 aromatic heterocycles. The minimum absolute atomic E-state index is 0.0590. The van der Waals surface area contributed by atoms with Gasteiger partial charge >= 0.3 is 12.1 Å². The highest BCUT2D eigenvalue weighted by molar-refractivity contribution is 5.90. The summed E-state index contributed by atoms with van der Waals surface area (Å²) in [5.41, 5.74) is 0.447. The molecule has 1 unspecified atom stereocenters. The lowest BCUT2D eigenvalue weighted by Gasteiger charge is -2.32. The second kappa shape index (κ2) is 12.6. The number of rotatable bonds is 8. The van der Waals surface area contributed by atoms with Crippen molar-refractivity contribution in [1.82, 2.24) is 9.91 Å². The van der Waals surface area contributed by atoms with Crippen LogP contribution in [0.4, 0.5) is 25.4 Å². The minimum atomic E-state index is -0.751. The molecule has 0 radical (unpaired) electrons. The standard InChI is InChI=1S/C21H29FN6O6/c1-15(13-23-16(2)31)34-21(33)25(3)17-4-5-19(18(22)12-17)27-6-7-28(24-14-27)20(32)26(8-10-29)9-11-30/h4-5,12-15,29-30H,6-11H2,1-3H3. The lowest BCUT2D eigenvalue weighted by Crippen LogP contribution is -2.48. The van der Waals surface area contributed by atoms with Gasteiger partial charge in [0.25, 0.3) is 0 Å². The second-order valence-electron chi connectivity index (χ2n) is 7.35. The molecule has 0 fully saturated rings. The van der Waals surface area contributed by atoms with Crippen LogP contribution in [-0.4, -0.2) is 103 Å². The van der Waals surface area contributed by atoms with Gasteiger partial charge in [0.15, 0.2) is 0 Å². The monoisotopic (exact) mass is 480 g/mol. The van der Waals surface area contributed by atoms with Gasteiger partial charge < -0.3 is 24.7 Å². The maximum Gasteiger partial charge on any atom is 0.414 e. The Balaban J connectivity index is 2.05. The fraction of sp³-hybridized carbons (Fsp3) is 0.476. The number of nitrogens with zero attached hydrogens (tertiary/aromatic N) is 6. The van der Waals surface area contributed by atoms with Crippen LogP contribution in [0.1, 0.15) is 13.8 Å². The van der Waals surface area contributed by atoms with Crippen molar-refractivity contribution in [1.29, 1.82) is 0 Å². The molecule has 2 N–H and O–H groups in total. The number of amides is 4. The summed E-state index contributed by atoms with van der Waals surface area (Å²) in [6, 6.07) is 3.70. The van der Waals surface area contributed by atoms with Gasteiger partial charge in [0, 0.05) is 45.5 Å². The molecule has 1 aliphatic rings. The quantitative estimate of drug-likeness (QED) is 0.527. The van der Waals surface area contributed by atoms with E-state index in [1.807, 2.05) is 0 Å². The van der Waals surface area contributed by atoms with Gasteiger partial charge in [-0.2, -0.15) is 5.10 Å². The average molecular weight is 480 g/mol. The second-order valence-corrected chi connectivity index (χ2v) is 7.35. The Morgan fingerprint density at radius 1 is 1.26 bits per heavy atom. The third-order valence-corrected chi connectivity index (χ3v) is 4.77. The van der Waals surface area contributed by atoms with E-state index in [0.29, 0.717) is 0 Å². The van der Waals surface area contributed by atoms with Crippen molar-refractivity contribution in [2.45, 2.75) is 20.0 Å². The van der Waals surface area contributed by atoms with Crippen molar-refractivity contribution >= 4 is 42.0 Å². The van der Waals surface area contributed by atoms with Crippen LogP contribution in [0.5, 0.6) is 0 Å². The molecule has 1 atom stereocenters. The van der Waals surface area contributed by atoms with Gasteiger partial charge in [-0.05, 0) is 25.1 Å². The number of carbonyl (C=O) groups is 3. The summed E-state index contributed by atoms with van der Waals surface area (Å²) in [6.45, 7) is 2.84. The van der Waals surface area contributed by atoms with Crippen LogP contribution in [-0.2, 0) is 9.53 Å². The predicted octanol–water partition coefficient (Wildman–Crippen LogP) is 0.876. The molecule has 4 amide bonds. The summed E-state index contributed by atoms with van der Waals surface area (Å²) in [6.07, 6.45) is 1.01. The first-order chi connectivity index (χ1) is 16.2. The summed E-state index contributed by atoms with van der Waals surface area (Å²) < 4.78 is 20.0. The number of hydrogen-bond donors (Lipinski definition) is 2. The molecule has 2 rings (SSSR count). The molecule has 0 spiro atoms. The fourth-order valence-corrected chi connectivity index (χ4v) is 3.00. The van der Waals surface area contributed by atoms with Crippen LogP contribution in [0.15, 0.2) is 28.3 Å². The normalized spacial score (nSPS) is 14.3. The van der Waals surface area contributed by atoms with Gasteiger partial charge in [-0.3, -0.25) is 9.69 Å². The van der Waals surface area contributed by atoms with Crippen LogP contribution < -0.4 is 9.80 Å². The molecule has 0 bridgehead atoms. The maximum absolute atomic E-state index is 14.8. The molecule has 0 saturated heterocycles. The topological polar surface area (TPSA) is 139 Å². The first kappa shape index (κ1) is 26.7. The highest BCUT2D eigenvalue weighted by Gasteiger charge is 2.25. The smallest absolute Gasteiger partial charge is 0.414 e. The Labute approximate surface area is 196 Å². The van der Waals surface area contributed by atoms with Crippen molar-refractivity contribution in [3.63, 3.8) is 0 Å². The van der Waals surface area contributed by atoms with E-state index in [2.05, 4.69) is 10.1 Å². The molecule has 1 heterocycles. The number of halogens is 1. The first-order valence-corrected chi connectivity index (χ1v) is 10.6. The summed E-state index contributed by atoms with van der Waals surface area (Å²) >= 11 is 0. The van der Waals surface area contributed by atoms with Gasteiger partial charge in [-0.15, -0.1) is 0 Å². The molecule has 34 heavy (non-hydrogen) atoms. The number of hydrazone groups is 1. The number of hydrogen-bond acceptors (Lipinski definition) is 8. The van der Waals surface area contributed by atoms with Crippen molar-refractivity contribution in [3.8, 4) is 0 Å². The van der Waals surface area contributed by atoms with Crippen LogP contribution in [0, 0.1) is 5.82 Å². The van der Waals surface area contributed by atoms with E-state index in [0.717, 1.165) is 4.90 Å². The summed E-state index contributed by atoms with van der Waals surface area (Å²) in [7, 11) is 1.42. The van der Waals surface area contributed by atoms with E-state index in [4.69, 9.17) is 14.9 Å². The van der Waals surface area contributed by atoms with E-state index in [1.165, 1.54) is 59.5 Å². The van der Waals surface area contributed by atoms with E-state index in [-0.39, 0.29) is 50.8 Å². The molecule has 186 valence electrons. The Morgan fingerprint density at radius 3 is 2.47 bits per heavy atom. The van der Waals surface area contributed by atoms with E-state index >= 15 is 0 Å². The molecule has 0 aliphatic carbocycles. The van der Waals surface area contributed by atoms with Crippen LogP contribution in [0.25, 0.3) is 0 Å². The number of urea groups is 1. The lowest BCUT2D eigenvalue weighted by atomic mass is 10.2. The van der Waals surface area contributed by atoms with Crippen molar-refractivity contribution in [2.24, 2.45) is 10.1 Å². The first-order valence-electron chi connectivity index (χ1n) is 10.6. The molecule has 13 heteroatoms. The van der Waals surface area contributed by atoms with Crippen molar-refractivity contribution < 1.29 is 33.7 Å².